The van der Waals surface area contributed by atoms with Crippen molar-refractivity contribution in [2.75, 3.05) is 39.3 Å². The Morgan fingerprint density at radius 1 is 0.867 bits per heavy atom. The first-order valence-corrected chi connectivity index (χ1v) is 10.8. The quantitative estimate of drug-likeness (QED) is 0.435. The van der Waals surface area contributed by atoms with Gasteiger partial charge in [0.25, 0.3) is 11.8 Å². The number of nitrogens with one attached hydrogen (secondary N) is 2. The number of urea groups is 1. The number of aliphatic hydroxyl groups is 1. The van der Waals surface area contributed by atoms with Gasteiger partial charge in [-0.25, -0.2) is 4.79 Å². The minimum Gasteiger partial charge on any atom is -0.395 e. The summed E-state index contributed by atoms with van der Waals surface area (Å²) in [6.45, 7) is 5.28. The van der Waals surface area contributed by atoms with Crippen LogP contribution in [0.4, 0.5) is 4.79 Å². The van der Waals surface area contributed by atoms with E-state index in [0.717, 1.165) is 25.7 Å². The number of nitrogens with zero attached hydrogens (tertiary/aromatic N) is 2. The summed E-state index contributed by atoms with van der Waals surface area (Å²) in [6.07, 6.45) is 4.27. The summed E-state index contributed by atoms with van der Waals surface area (Å²) in [7, 11) is 0. The lowest BCUT2D eigenvalue weighted by Gasteiger charge is -2.46. The Bertz CT molecular complexity index is 628. The van der Waals surface area contributed by atoms with E-state index in [1.54, 1.807) is 0 Å². The standard InChI is InChI=1S/C16H28N4O4.C6H6/c1-2-3-4-5-6-16(13(22)17-15(24)18-14(16)23)20-9-7-19(8-10-20)11-12-21;1-2-4-6-5-3-1/h21H,2-12H2,1H3,(H2,17,18,22,23,24);1-6H. The Kier molecular flexibility index (Phi) is 9.93. The molecule has 0 saturated carbocycles. The molecule has 0 bridgehead atoms. The van der Waals surface area contributed by atoms with Gasteiger partial charge in [0.2, 0.25) is 0 Å². The van der Waals surface area contributed by atoms with Gasteiger partial charge in [0, 0.05) is 32.7 Å². The lowest BCUT2D eigenvalue weighted by Crippen LogP contribution is -2.74. The minimum absolute atomic E-state index is 0.0949. The van der Waals surface area contributed by atoms with Crippen molar-refractivity contribution >= 4 is 17.8 Å². The van der Waals surface area contributed by atoms with Crippen LogP contribution in [0.25, 0.3) is 0 Å². The van der Waals surface area contributed by atoms with Gasteiger partial charge in [0.1, 0.15) is 0 Å². The number of piperazine rings is 1. The van der Waals surface area contributed by atoms with Crippen LogP contribution >= 0.6 is 0 Å². The van der Waals surface area contributed by atoms with E-state index in [9.17, 15) is 14.4 Å². The van der Waals surface area contributed by atoms with Crippen molar-refractivity contribution < 1.29 is 19.5 Å². The zero-order valence-electron chi connectivity index (χ0n) is 17.8. The number of carbonyl (C=O) groups excluding carboxylic acids is 3. The normalized spacial score (nSPS) is 19.5. The average Bonchev–Trinajstić information content (AvgIpc) is 2.75. The Hall–Kier alpha value is -2.29. The van der Waals surface area contributed by atoms with Gasteiger partial charge >= 0.3 is 6.03 Å². The zero-order valence-corrected chi connectivity index (χ0v) is 17.8. The molecule has 4 amide bonds. The van der Waals surface area contributed by atoms with Crippen molar-refractivity contribution in [2.24, 2.45) is 0 Å². The van der Waals surface area contributed by atoms with Crippen molar-refractivity contribution in [1.29, 1.82) is 0 Å². The summed E-state index contributed by atoms with van der Waals surface area (Å²) in [5.41, 5.74) is -1.30. The molecule has 30 heavy (non-hydrogen) atoms. The van der Waals surface area contributed by atoms with Gasteiger partial charge in [-0.05, 0) is 6.42 Å². The van der Waals surface area contributed by atoms with E-state index in [4.69, 9.17) is 5.11 Å². The Labute approximate surface area is 178 Å². The van der Waals surface area contributed by atoms with Crippen molar-refractivity contribution in [3.05, 3.63) is 36.4 Å². The number of β-amino-alcohol motifs (C(OH)–C–C–N with tert-alkyl or cyclic N) is 1. The van der Waals surface area contributed by atoms with Crippen LogP contribution in [0.5, 0.6) is 0 Å². The van der Waals surface area contributed by atoms with Crippen molar-refractivity contribution in [1.82, 2.24) is 20.4 Å². The maximum absolute atomic E-state index is 12.6. The largest absolute Gasteiger partial charge is 0.395 e. The molecule has 2 aliphatic rings. The fourth-order valence-electron chi connectivity index (χ4n) is 3.91. The van der Waals surface area contributed by atoms with Crippen LogP contribution in [0.1, 0.15) is 39.0 Å². The average molecular weight is 419 g/mol. The highest BCUT2D eigenvalue weighted by atomic mass is 16.3. The molecule has 2 saturated heterocycles. The third-order valence-corrected chi connectivity index (χ3v) is 5.59. The molecule has 0 aliphatic carbocycles. The van der Waals surface area contributed by atoms with Crippen LogP contribution in [0.2, 0.25) is 0 Å². The van der Waals surface area contributed by atoms with Gasteiger partial charge in [0.05, 0.1) is 6.61 Å². The molecule has 8 heteroatoms. The Morgan fingerprint density at radius 2 is 1.40 bits per heavy atom. The maximum Gasteiger partial charge on any atom is 0.328 e. The van der Waals surface area contributed by atoms with Gasteiger partial charge in [-0.1, -0.05) is 69.0 Å². The number of rotatable bonds is 8. The molecule has 0 radical (unpaired) electrons. The second-order valence-corrected chi connectivity index (χ2v) is 7.62. The molecule has 3 N–H and O–H groups in total. The van der Waals surface area contributed by atoms with Crippen LogP contribution in [0, 0.1) is 0 Å². The molecular formula is C22H34N4O4. The number of hydrogen-bond acceptors (Lipinski definition) is 6. The van der Waals surface area contributed by atoms with Gasteiger partial charge in [-0.15, -0.1) is 0 Å². The summed E-state index contributed by atoms with van der Waals surface area (Å²) >= 11 is 0. The number of amides is 4. The highest BCUT2D eigenvalue weighted by Crippen LogP contribution is 2.27. The minimum atomic E-state index is -1.30. The lowest BCUT2D eigenvalue weighted by atomic mass is 9.86. The predicted octanol–water partition coefficient (Wildman–Crippen LogP) is 1.36. The molecular weight excluding hydrogens is 384 g/mol. The Balaban J connectivity index is 0.000000456. The van der Waals surface area contributed by atoms with E-state index in [2.05, 4.69) is 22.5 Å². The van der Waals surface area contributed by atoms with E-state index in [1.807, 2.05) is 41.3 Å². The third kappa shape index (κ3) is 6.35. The summed E-state index contributed by atoms with van der Waals surface area (Å²) < 4.78 is 0. The fourth-order valence-corrected chi connectivity index (χ4v) is 3.91. The molecule has 8 nitrogen and oxygen atoms in total. The number of unbranched alkanes of at least 4 members (excludes halogenated alkanes) is 3. The lowest BCUT2D eigenvalue weighted by molar-refractivity contribution is -0.150. The Morgan fingerprint density at radius 3 is 1.87 bits per heavy atom. The number of barbiturate groups is 1. The monoisotopic (exact) mass is 418 g/mol. The smallest absolute Gasteiger partial charge is 0.328 e. The zero-order chi connectivity index (χ0) is 21.8. The number of hydrogen-bond donors (Lipinski definition) is 3. The van der Waals surface area contributed by atoms with E-state index in [1.165, 1.54) is 0 Å². The second-order valence-electron chi connectivity index (χ2n) is 7.62. The second kappa shape index (κ2) is 12.4. The van der Waals surface area contributed by atoms with E-state index in [0.29, 0.717) is 39.1 Å². The molecule has 0 atom stereocenters. The molecule has 0 unspecified atom stereocenters. The first-order chi connectivity index (χ1) is 14.5. The van der Waals surface area contributed by atoms with Gasteiger partial charge in [-0.2, -0.15) is 0 Å². The molecule has 1 aromatic carbocycles. The predicted molar refractivity (Wildman–Crippen MR) is 115 cm³/mol. The van der Waals surface area contributed by atoms with Crippen LogP contribution in [-0.4, -0.2) is 77.6 Å². The molecule has 0 spiro atoms. The van der Waals surface area contributed by atoms with Crippen LogP contribution < -0.4 is 10.6 Å². The summed E-state index contributed by atoms with van der Waals surface area (Å²) in [6, 6.07) is 11.3. The molecule has 2 heterocycles. The van der Waals surface area contributed by atoms with Crippen LogP contribution in [0.15, 0.2) is 36.4 Å². The number of carbonyl (C=O) groups is 3. The number of aliphatic hydroxyl groups excluding tert-OH is 1. The van der Waals surface area contributed by atoms with E-state index < -0.39 is 23.4 Å². The first-order valence-electron chi connectivity index (χ1n) is 10.8. The molecule has 166 valence electrons. The van der Waals surface area contributed by atoms with Crippen molar-refractivity contribution in [3.8, 4) is 0 Å². The maximum atomic E-state index is 12.6. The van der Waals surface area contributed by atoms with Gasteiger partial charge in [0.15, 0.2) is 5.54 Å². The summed E-state index contributed by atoms with van der Waals surface area (Å²) in [4.78, 5) is 40.7. The SMILES string of the molecule is CCCCCCC1(N2CCN(CCO)CC2)C(=O)NC(=O)NC1=O.c1ccccc1. The topological polar surface area (TPSA) is 102 Å². The summed E-state index contributed by atoms with van der Waals surface area (Å²) in [5, 5.41) is 13.6. The van der Waals surface area contributed by atoms with E-state index >= 15 is 0 Å². The molecule has 0 aromatic heterocycles. The third-order valence-electron chi connectivity index (χ3n) is 5.59. The van der Waals surface area contributed by atoms with Crippen LogP contribution in [-0.2, 0) is 9.59 Å². The number of imide groups is 2. The van der Waals surface area contributed by atoms with Gasteiger partial charge in [-0.3, -0.25) is 30.0 Å². The van der Waals surface area contributed by atoms with Gasteiger partial charge < -0.3 is 5.11 Å². The van der Waals surface area contributed by atoms with Crippen molar-refractivity contribution in [3.63, 3.8) is 0 Å². The highest BCUT2D eigenvalue weighted by Gasteiger charge is 2.54. The molecule has 2 fully saturated rings. The molecule has 1 aromatic rings. The van der Waals surface area contributed by atoms with Crippen molar-refractivity contribution in [2.45, 2.75) is 44.6 Å². The van der Waals surface area contributed by atoms with E-state index in [-0.39, 0.29) is 6.61 Å². The fraction of sp³-hybridized carbons (Fsp3) is 0.591. The highest BCUT2D eigenvalue weighted by molar-refractivity contribution is 6.22. The summed E-state index contributed by atoms with van der Waals surface area (Å²) in [5.74, 6) is -1.02. The number of benzene rings is 1. The van der Waals surface area contributed by atoms with Crippen LogP contribution in [0.3, 0.4) is 0 Å². The molecule has 2 aliphatic heterocycles. The molecule has 3 rings (SSSR count). The first kappa shape index (κ1) is 24.0.